The van der Waals surface area contributed by atoms with Crippen LogP contribution in [0.25, 0.3) is 0 Å². The second kappa shape index (κ2) is 7.15. The quantitative estimate of drug-likeness (QED) is 0.503. The van der Waals surface area contributed by atoms with Gasteiger partial charge in [-0.1, -0.05) is 29.8 Å². The molecule has 0 aliphatic carbocycles. The third-order valence-corrected chi connectivity index (χ3v) is 3.46. The highest BCUT2D eigenvalue weighted by Crippen LogP contribution is 2.18. The van der Waals surface area contributed by atoms with Gasteiger partial charge in [-0.3, -0.25) is 10.1 Å². The average molecular weight is 309 g/mol. The van der Waals surface area contributed by atoms with Crippen molar-refractivity contribution in [3.8, 4) is 0 Å². The molecule has 0 atom stereocenters. The van der Waals surface area contributed by atoms with Crippen LogP contribution in [0.15, 0.2) is 42.5 Å². The van der Waals surface area contributed by atoms with Crippen molar-refractivity contribution in [3.05, 3.63) is 74.5 Å². The van der Waals surface area contributed by atoms with Gasteiger partial charge in [0.1, 0.15) is 5.82 Å². The molecule has 0 amide bonds. The molecule has 0 heterocycles. The predicted octanol–water partition coefficient (Wildman–Crippen LogP) is 3.72. The van der Waals surface area contributed by atoms with Crippen molar-refractivity contribution in [3.63, 3.8) is 0 Å². The van der Waals surface area contributed by atoms with E-state index >= 15 is 0 Å². The molecule has 4 nitrogen and oxygen atoms in total. The first-order chi connectivity index (χ1) is 10.1. The molecule has 0 aliphatic heterocycles. The minimum absolute atomic E-state index is 0.0739. The Hall–Kier alpha value is -1.98. The largest absolute Gasteiger partial charge is 0.312 e. The van der Waals surface area contributed by atoms with Crippen molar-refractivity contribution in [2.24, 2.45) is 0 Å². The molecule has 0 saturated carbocycles. The van der Waals surface area contributed by atoms with E-state index in [0.717, 1.165) is 5.56 Å². The highest BCUT2D eigenvalue weighted by molar-refractivity contribution is 6.31. The number of hydrogen-bond donors (Lipinski definition) is 1. The van der Waals surface area contributed by atoms with E-state index in [1.165, 1.54) is 18.2 Å². The molecule has 6 heteroatoms. The number of nitro groups is 1. The van der Waals surface area contributed by atoms with Crippen molar-refractivity contribution in [1.82, 2.24) is 5.32 Å². The van der Waals surface area contributed by atoms with E-state index in [4.69, 9.17) is 11.6 Å². The monoisotopic (exact) mass is 308 g/mol. The third-order valence-electron chi connectivity index (χ3n) is 3.10. The van der Waals surface area contributed by atoms with Crippen LogP contribution in [-0.4, -0.2) is 11.5 Å². The number of halogens is 2. The van der Waals surface area contributed by atoms with Crippen LogP contribution in [0.2, 0.25) is 5.02 Å². The lowest BCUT2D eigenvalue weighted by molar-refractivity contribution is -0.384. The molecule has 2 aromatic carbocycles. The highest BCUT2D eigenvalue weighted by atomic mass is 35.5. The number of benzene rings is 2. The van der Waals surface area contributed by atoms with Crippen molar-refractivity contribution in [2.45, 2.75) is 13.0 Å². The molecular formula is C15H14ClFN2O2. The Kier molecular flexibility index (Phi) is 5.25. The Morgan fingerprint density at radius 2 is 1.90 bits per heavy atom. The van der Waals surface area contributed by atoms with Gasteiger partial charge < -0.3 is 5.32 Å². The summed E-state index contributed by atoms with van der Waals surface area (Å²) in [6.07, 6.45) is 0.698. The summed E-state index contributed by atoms with van der Waals surface area (Å²) in [6, 6.07) is 11.0. The maximum Gasteiger partial charge on any atom is 0.269 e. The van der Waals surface area contributed by atoms with Gasteiger partial charge in [-0.05, 0) is 30.7 Å². The van der Waals surface area contributed by atoms with Crippen LogP contribution in [0.3, 0.4) is 0 Å². The Morgan fingerprint density at radius 1 is 1.19 bits per heavy atom. The molecule has 0 unspecified atom stereocenters. The van der Waals surface area contributed by atoms with Crippen LogP contribution < -0.4 is 5.32 Å². The zero-order valence-electron chi connectivity index (χ0n) is 11.2. The van der Waals surface area contributed by atoms with Gasteiger partial charge in [0.05, 0.1) is 4.92 Å². The number of hydrogen-bond acceptors (Lipinski definition) is 3. The van der Waals surface area contributed by atoms with Crippen LogP contribution in [0, 0.1) is 15.9 Å². The van der Waals surface area contributed by atoms with E-state index < -0.39 is 4.92 Å². The highest BCUT2D eigenvalue weighted by Gasteiger charge is 2.06. The van der Waals surface area contributed by atoms with Crippen LogP contribution in [0.1, 0.15) is 11.1 Å². The molecule has 0 fully saturated rings. The fraction of sp³-hybridized carbons (Fsp3) is 0.200. The first-order valence-corrected chi connectivity index (χ1v) is 6.82. The molecular weight excluding hydrogens is 295 g/mol. The fourth-order valence-electron chi connectivity index (χ4n) is 1.93. The van der Waals surface area contributed by atoms with Crippen LogP contribution in [-0.2, 0) is 13.0 Å². The lowest BCUT2D eigenvalue weighted by Gasteiger charge is -2.08. The first kappa shape index (κ1) is 15.4. The number of nitrogens with zero attached hydrogens (tertiary/aromatic N) is 1. The Bertz CT molecular complexity index is 612. The van der Waals surface area contributed by atoms with Gasteiger partial charge in [-0.25, -0.2) is 4.39 Å². The second-order valence-corrected chi connectivity index (χ2v) is 4.96. The standard InChI is InChI=1S/C15H14ClFN2O2/c16-14-2-1-3-15(17)13(14)10-18-9-8-11-4-6-12(7-5-11)19(20)21/h1-7,18H,8-10H2. The molecule has 0 radical (unpaired) electrons. The first-order valence-electron chi connectivity index (χ1n) is 6.45. The summed E-state index contributed by atoms with van der Waals surface area (Å²) in [5.41, 5.74) is 1.50. The molecule has 110 valence electrons. The lowest BCUT2D eigenvalue weighted by atomic mass is 10.1. The van der Waals surface area contributed by atoms with Crippen molar-refractivity contribution >= 4 is 17.3 Å². The molecule has 21 heavy (non-hydrogen) atoms. The van der Waals surface area contributed by atoms with Crippen molar-refractivity contribution in [2.75, 3.05) is 6.54 Å². The second-order valence-electron chi connectivity index (χ2n) is 4.55. The molecule has 2 rings (SSSR count). The summed E-state index contributed by atoms with van der Waals surface area (Å²) in [4.78, 5) is 10.1. The molecule has 2 aromatic rings. The number of nitro benzene ring substituents is 1. The minimum atomic E-state index is -0.428. The Labute approximate surface area is 126 Å². The van der Waals surface area contributed by atoms with Gasteiger partial charge in [0.25, 0.3) is 5.69 Å². The predicted molar refractivity (Wildman–Crippen MR) is 79.9 cm³/mol. The van der Waals surface area contributed by atoms with Gasteiger partial charge in [-0.15, -0.1) is 0 Å². The van der Waals surface area contributed by atoms with Gasteiger partial charge in [0.2, 0.25) is 0 Å². The summed E-state index contributed by atoms with van der Waals surface area (Å²) < 4.78 is 13.5. The average Bonchev–Trinajstić information content (AvgIpc) is 2.46. The van der Waals surface area contributed by atoms with Crippen LogP contribution in [0.4, 0.5) is 10.1 Å². The van der Waals surface area contributed by atoms with E-state index in [2.05, 4.69) is 5.32 Å². The Balaban J connectivity index is 1.83. The molecule has 0 aliphatic rings. The summed E-state index contributed by atoms with van der Waals surface area (Å²) in [5, 5.41) is 14.1. The topological polar surface area (TPSA) is 55.2 Å². The molecule has 0 bridgehead atoms. The Morgan fingerprint density at radius 3 is 2.52 bits per heavy atom. The zero-order valence-corrected chi connectivity index (χ0v) is 11.9. The smallest absolute Gasteiger partial charge is 0.269 e. The summed E-state index contributed by atoms with van der Waals surface area (Å²) in [5.74, 6) is -0.328. The summed E-state index contributed by atoms with van der Waals surface area (Å²) >= 11 is 5.93. The summed E-state index contributed by atoms with van der Waals surface area (Å²) in [6.45, 7) is 0.973. The van der Waals surface area contributed by atoms with E-state index in [1.54, 1.807) is 24.3 Å². The zero-order chi connectivity index (χ0) is 15.2. The van der Waals surface area contributed by atoms with Gasteiger partial charge in [0.15, 0.2) is 0 Å². The summed E-state index contributed by atoms with van der Waals surface area (Å²) in [7, 11) is 0. The van der Waals surface area contributed by atoms with E-state index in [9.17, 15) is 14.5 Å². The van der Waals surface area contributed by atoms with Crippen molar-refractivity contribution in [1.29, 1.82) is 0 Å². The van der Waals surface area contributed by atoms with Crippen LogP contribution in [0.5, 0.6) is 0 Å². The SMILES string of the molecule is O=[N+]([O-])c1ccc(CCNCc2c(F)cccc2Cl)cc1. The van der Waals surface area contributed by atoms with Crippen LogP contribution >= 0.6 is 11.6 Å². The maximum absolute atomic E-state index is 13.5. The van der Waals surface area contributed by atoms with Gasteiger partial charge in [-0.2, -0.15) is 0 Å². The number of non-ortho nitro benzene ring substituents is 1. The maximum atomic E-state index is 13.5. The van der Waals surface area contributed by atoms with Gasteiger partial charge >= 0.3 is 0 Å². The molecule has 1 N–H and O–H groups in total. The van der Waals surface area contributed by atoms with E-state index in [0.29, 0.717) is 30.1 Å². The molecule has 0 saturated heterocycles. The number of nitrogens with one attached hydrogen (secondary N) is 1. The number of rotatable bonds is 6. The molecule has 0 spiro atoms. The van der Waals surface area contributed by atoms with E-state index in [1.807, 2.05) is 0 Å². The fourth-order valence-corrected chi connectivity index (χ4v) is 2.16. The third kappa shape index (κ3) is 4.24. The van der Waals surface area contributed by atoms with Crippen molar-refractivity contribution < 1.29 is 9.31 Å². The lowest BCUT2D eigenvalue weighted by Crippen LogP contribution is -2.17. The molecule has 0 aromatic heterocycles. The van der Waals surface area contributed by atoms with E-state index in [-0.39, 0.29) is 11.5 Å². The minimum Gasteiger partial charge on any atom is -0.312 e. The normalized spacial score (nSPS) is 10.6. The van der Waals surface area contributed by atoms with Gasteiger partial charge in [0, 0.05) is 29.3 Å².